The average Bonchev–Trinajstić information content (AvgIpc) is 2.26. The Morgan fingerprint density at radius 1 is 1.60 bits per heavy atom. The number of nitrogens with one attached hydrogen (secondary N) is 2. The molecule has 0 aliphatic heterocycles. The SMILES string of the molecule is CNC(=O)CNc1ccc(C(N)=S)nc1. The van der Waals surface area contributed by atoms with E-state index in [0.29, 0.717) is 5.69 Å². The fourth-order valence-electron chi connectivity index (χ4n) is 0.915. The predicted octanol–water partition coefficient (Wildman–Crippen LogP) is -0.126. The van der Waals surface area contributed by atoms with E-state index in [1.165, 1.54) is 0 Å². The Bertz CT molecular complexity index is 363. The number of amides is 1. The van der Waals surface area contributed by atoms with Crippen molar-refractivity contribution in [3.8, 4) is 0 Å². The molecule has 1 aromatic heterocycles. The van der Waals surface area contributed by atoms with Crippen LogP contribution in [0.5, 0.6) is 0 Å². The van der Waals surface area contributed by atoms with Gasteiger partial charge in [-0.2, -0.15) is 0 Å². The summed E-state index contributed by atoms with van der Waals surface area (Å²) in [5.74, 6) is -0.0894. The highest BCUT2D eigenvalue weighted by Gasteiger charge is 2.00. The summed E-state index contributed by atoms with van der Waals surface area (Å²) in [7, 11) is 1.58. The molecule has 1 amide bonds. The van der Waals surface area contributed by atoms with Gasteiger partial charge in [0.15, 0.2) is 0 Å². The fourth-order valence-corrected chi connectivity index (χ4v) is 1.04. The Kier molecular flexibility index (Phi) is 3.99. The van der Waals surface area contributed by atoms with Gasteiger partial charge in [-0.3, -0.25) is 9.78 Å². The topological polar surface area (TPSA) is 80.0 Å². The van der Waals surface area contributed by atoms with Gasteiger partial charge in [-0.25, -0.2) is 0 Å². The number of nitrogens with zero attached hydrogens (tertiary/aromatic N) is 1. The molecule has 1 heterocycles. The number of hydrogen-bond acceptors (Lipinski definition) is 4. The van der Waals surface area contributed by atoms with Gasteiger partial charge < -0.3 is 16.4 Å². The lowest BCUT2D eigenvalue weighted by Gasteiger charge is -2.05. The zero-order valence-corrected chi connectivity index (χ0v) is 9.10. The third kappa shape index (κ3) is 3.51. The molecule has 0 saturated heterocycles. The van der Waals surface area contributed by atoms with E-state index in [9.17, 15) is 4.79 Å². The van der Waals surface area contributed by atoms with Gasteiger partial charge >= 0.3 is 0 Å². The largest absolute Gasteiger partial charge is 0.388 e. The summed E-state index contributed by atoms with van der Waals surface area (Å²) < 4.78 is 0. The molecule has 0 unspecified atom stereocenters. The predicted molar refractivity (Wildman–Crippen MR) is 62.7 cm³/mol. The van der Waals surface area contributed by atoms with E-state index in [2.05, 4.69) is 15.6 Å². The van der Waals surface area contributed by atoms with Crippen molar-refractivity contribution >= 4 is 28.8 Å². The molecule has 0 aliphatic rings. The van der Waals surface area contributed by atoms with Crippen molar-refractivity contribution < 1.29 is 4.79 Å². The summed E-state index contributed by atoms with van der Waals surface area (Å²) in [6, 6.07) is 3.47. The van der Waals surface area contributed by atoms with E-state index < -0.39 is 0 Å². The monoisotopic (exact) mass is 224 g/mol. The van der Waals surface area contributed by atoms with Crippen LogP contribution >= 0.6 is 12.2 Å². The third-order valence-electron chi connectivity index (χ3n) is 1.75. The number of nitrogens with two attached hydrogens (primary N) is 1. The van der Waals surface area contributed by atoms with Crippen molar-refractivity contribution in [1.82, 2.24) is 10.3 Å². The second-order valence-corrected chi connectivity index (χ2v) is 3.26. The maximum absolute atomic E-state index is 10.9. The minimum atomic E-state index is -0.0894. The molecule has 15 heavy (non-hydrogen) atoms. The van der Waals surface area contributed by atoms with Crippen LogP contribution in [0.25, 0.3) is 0 Å². The molecule has 4 N–H and O–H groups in total. The third-order valence-corrected chi connectivity index (χ3v) is 1.96. The lowest BCUT2D eigenvalue weighted by Crippen LogP contribution is -2.26. The molecular weight excluding hydrogens is 212 g/mol. The molecule has 5 nitrogen and oxygen atoms in total. The van der Waals surface area contributed by atoms with Crippen molar-refractivity contribution in [2.75, 3.05) is 18.9 Å². The molecule has 80 valence electrons. The highest BCUT2D eigenvalue weighted by molar-refractivity contribution is 7.80. The molecule has 0 spiro atoms. The second kappa shape index (κ2) is 5.26. The van der Waals surface area contributed by atoms with Crippen molar-refractivity contribution in [2.45, 2.75) is 0 Å². The van der Waals surface area contributed by atoms with E-state index in [-0.39, 0.29) is 17.4 Å². The van der Waals surface area contributed by atoms with Gasteiger partial charge in [-0.15, -0.1) is 0 Å². The average molecular weight is 224 g/mol. The van der Waals surface area contributed by atoms with Crippen molar-refractivity contribution in [2.24, 2.45) is 5.73 Å². The number of aromatic nitrogens is 1. The van der Waals surface area contributed by atoms with Gasteiger partial charge in [0.1, 0.15) is 4.99 Å². The minimum Gasteiger partial charge on any atom is -0.388 e. The minimum absolute atomic E-state index is 0.0894. The summed E-state index contributed by atoms with van der Waals surface area (Å²) >= 11 is 4.76. The highest BCUT2D eigenvalue weighted by Crippen LogP contribution is 2.05. The van der Waals surface area contributed by atoms with Crippen LogP contribution < -0.4 is 16.4 Å². The molecule has 0 aromatic carbocycles. The molecule has 1 aromatic rings. The number of thiocarbonyl (C=S) groups is 1. The molecule has 6 heteroatoms. The van der Waals surface area contributed by atoms with Crippen LogP contribution in [0.1, 0.15) is 5.69 Å². The Balaban J connectivity index is 2.57. The normalized spacial score (nSPS) is 9.40. The van der Waals surface area contributed by atoms with E-state index in [1.54, 1.807) is 25.4 Å². The van der Waals surface area contributed by atoms with Gasteiger partial charge in [0.2, 0.25) is 5.91 Å². The Morgan fingerprint density at radius 3 is 2.80 bits per heavy atom. The Hall–Kier alpha value is -1.69. The first kappa shape index (κ1) is 11.4. The van der Waals surface area contributed by atoms with E-state index in [1.807, 2.05) is 0 Å². The lowest BCUT2D eigenvalue weighted by atomic mass is 10.3. The maximum atomic E-state index is 10.9. The molecule has 0 aliphatic carbocycles. The molecule has 0 fully saturated rings. The van der Waals surface area contributed by atoms with Crippen LogP contribution in [-0.2, 0) is 4.79 Å². The summed E-state index contributed by atoms with van der Waals surface area (Å²) in [4.78, 5) is 15.2. The van der Waals surface area contributed by atoms with E-state index >= 15 is 0 Å². The van der Waals surface area contributed by atoms with Crippen LogP contribution in [0, 0.1) is 0 Å². The number of hydrogen-bond donors (Lipinski definition) is 3. The van der Waals surface area contributed by atoms with Crippen LogP contribution in [0.15, 0.2) is 18.3 Å². The number of rotatable bonds is 4. The van der Waals surface area contributed by atoms with Crippen LogP contribution in [-0.4, -0.2) is 29.5 Å². The number of carbonyl (C=O) groups is 1. The molecule has 1 rings (SSSR count). The van der Waals surface area contributed by atoms with Gasteiger partial charge in [0.05, 0.1) is 24.1 Å². The zero-order valence-electron chi connectivity index (χ0n) is 8.28. The first-order valence-corrected chi connectivity index (χ1v) is 4.74. The van der Waals surface area contributed by atoms with Crippen LogP contribution in [0.3, 0.4) is 0 Å². The molecule has 0 saturated carbocycles. The number of carbonyl (C=O) groups excluding carboxylic acids is 1. The first-order chi connectivity index (χ1) is 7.13. The lowest BCUT2D eigenvalue weighted by molar-refractivity contribution is -0.118. The van der Waals surface area contributed by atoms with Crippen LogP contribution in [0.4, 0.5) is 5.69 Å². The second-order valence-electron chi connectivity index (χ2n) is 2.82. The van der Waals surface area contributed by atoms with Gasteiger partial charge in [0.25, 0.3) is 0 Å². The van der Waals surface area contributed by atoms with Crippen molar-refractivity contribution in [3.05, 3.63) is 24.0 Å². The molecule has 0 bridgehead atoms. The maximum Gasteiger partial charge on any atom is 0.239 e. The molecular formula is C9H12N4OS. The zero-order chi connectivity index (χ0) is 11.3. The smallest absolute Gasteiger partial charge is 0.239 e. The van der Waals surface area contributed by atoms with Gasteiger partial charge in [0, 0.05) is 7.05 Å². The summed E-state index contributed by atoms with van der Waals surface area (Å²) in [5.41, 5.74) is 6.71. The van der Waals surface area contributed by atoms with Gasteiger partial charge in [-0.1, -0.05) is 12.2 Å². The highest BCUT2D eigenvalue weighted by atomic mass is 32.1. The molecule has 0 atom stereocenters. The fraction of sp³-hybridized carbons (Fsp3) is 0.222. The van der Waals surface area contributed by atoms with E-state index in [4.69, 9.17) is 18.0 Å². The summed E-state index contributed by atoms with van der Waals surface area (Å²) in [5, 5.41) is 5.41. The van der Waals surface area contributed by atoms with Gasteiger partial charge in [-0.05, 0) is 12.1 Å². The van der Waals surface area contributed by atoms with Crippen molar-refractivity contribution in [3.63, 3.8) is 0 Å². The van der Waals surface area contributed by atoms with Crippen LogP contribution in [0.2, 0.25) is 0 Å². The Morgan fingerprint density at radius 2 is 2.33 bits per heavy atom. The number of pyridine rings is 1. The number of anilines is 1. The van der Waals surface area contributed by atoms with E-state index in [0.717, 1.165) is 5.69 Å². The summed E-state index contributed by atoms with van der Waals surface area (Å²) in [6.07, 6.45) is 1.58. The summed E-state index contributed by atoms with van der Waals surface area (Å²) in [6.45, 7) is 0.213. The standard InChI is InChI=1S/C9H12N4OS/c1-11-8(14)5-12-6-2-3-7(9(10)15)13-4-6/h2-4,12H,5H2,1H3,(H2,10,15)(H,11,14). The molecule has 0 radical (unpaired) electrons. The first-order valence-electron chi connectivity index (χ1n) is 4.34. The van der Waals surface area contributed by atoms with Crippen molar-refractivity contribution in [1.29, 1.82) is 0 Å². The quantitative estimate of drug-likeness (QED) is 0.621. The number of likely N-dealkylation sites (N-methyl/N-ethyl adjacent to an activating group) is 1. The Labute approximate surface area is 93.1 Å².